The van der Waals surface area contributed by atoms with Crippen LogP contribution in [0.1, 0.15) is 31.7 Å². The summed E-state index contributed by atoms with van der Waals surface area (Å²) >= 11 is 0. The highest BCUT2D eigenvalue weighted by Crippen LogP contribution is 2.22. The van der Waals surface area contributed by atoms with E-state index in [0.29, 0.717) is 6.04 Å². The van der Waals surface area contributed by atoms with Crippen molar-refractivity contribution in [3.8, 4) is 0 Å². The molecule has 1 aromatic carbocycles. The first-order valence-corrected chi connectivity index (χ1v) is 8.26. The maximum absolute atomic E-state index is 3.64. The van der Waals surface area contributed by atoms with Crippen LogP contribution in [0.5, 0.6) is 0 Å². The Morgan fingerprint density at radius 3 is 2.90 bits per heavy atom. The highest BCUT2D eigenvalue weighted by Gasteiger charge is 2.16. The molecule has 1 aromatic heterocycles. The van der Waals surface area contributed by atoms with E-state index in [-0.39, 0.29) is 0 Å². The molecule has 0 bridgehead atoms. The zero-order valence-electron chi connectivity index (χ0n) is 13.3. The quantitative estimate of drug-likeness (QED) is 0.910. The van der Waals surface area contributed by atoms with E-state index in [4.69, 9.17) is 0 Å². The summed E-state index contributed by atoms with van der Waals surface area (Å²) in [7, 11) is 2.24. The van der Waals surface area contributed by atoms with E-state index in [1.807, 2.05) is 0 Å². The van der Waals surface area contributed by atoms with E-state index in [1.165, 1.54) is 42.3 Å². The van der Waals surface area contributed by atoms with Gasteiger partial charge in [0.2, 0.25) is 0 Å². The van der Waals surface area contributed by atoms with E-state index < -0.39 is 0 Å². The fourth-order valence-electron chi connectivity index (χ4n) is 3.52. The summed E-state index contributed by atoms with van der Waals surface area (Å²) in [4.78, 5) is 2.46. The van der Waals surface area contributed by atoms with Crippen LogP contribution in [0.4, 0.5) is 0 Å². The Morgan fingerprint density at radius 1 is 1.29 bits per heavy atom. The van der Waals surface area contributed by atoms with Crippen LogP contribution in [-0.2, 0) is 13.1 Å². The number of benzene rings is 1. The van der Waals surface area contributed by atoms with Crippen molar-refractivity contribution in [2.75, 3.05) is 20.1 Å². The highest BCUT2D eigenvalue weighted by molar-refractivity contribution is 5.83. The minimum absolute atomic E-state index is 0.670. The number of hydrogen-bond acceptors (Lipinski definition) is 2. The van der Waals surface area contributed by atoms with E-state index in [2.05, 4.69) is 59.2 Å². The lowest BCUT2D eigenvalue weighted by Gasteiger charge is -2.28. The van der Waals surface area contributed by atoms with Gasteiger partial charge in [0.05, 0.1) is 0 Å². The minimum Gasteiger partial charge on any atom is -0.347 e. The molecule has 0 aliphatic carbocycles. The molecule has 0 spiro atoms. The topological polar surface area (TPSA) is 20.2 Å². The van der Waals surface area contributed by atoms with Crippen LogP contribution in [0.3, 0.4) is 0 Å². The van der Waals surface area contributed by atoms with E-state index in [1.54, 1.807) is 0 Å². The van der Waals surface area contributed by atoms with Gasteiger partial charge in [0, 0.05) is 42.8 Å². The largest absolute Gasteiger partial charge is 0.347 e. The average Bonchev–Trinajstić information content (AvgIpc) is 2.86. The smallest absolute Gasteiger partial charge is 0.0483 e. The van der Waals surface area contributed by atoms with Crippen molar-refractivity contribution < 1.29 is 0 Å². The molecular formula is C18H27N3. The molecule has 1 N–H and O–H groups in total. The maximum atomic E-state index is 3.64. The van der Waals surface area contributed by atoms with Crippen molar-refractivity contribution in [2.45, 2.75) is 45.3 Å². The van der Waals surface area contributed by atoms with Crippen LogP contribution >= 0.6 is 0 Å². The second-order valence-corrected chi connectivity index (χ2v) is 6.30. The van der Waals surface area contributed by atoms with Crippen molar-refractivity contribution in [1.82, 2.24) is 14.8 Å². The van der Waals surface area contributed by atoms with E-state index in [9.17, 15) is 0 Å². The summed E-state index contributed by atoms with van der Waals surface area (Å²) in [6, 6.07) is 9.43. The summed E-state index contributed by atoms with van der Waals surface area (Å²) in [5.41, 5.74) is 2.81. The number of fused-ring (bicyclic) bond motifs is 1. The normalized spacial score (nSPS) is 19.5. The molecule has 1 saturated heterocycles. The molecule has 3 nitrogen and oxygen atoms in total. The molecule has 3 heteroatoms. The molecule has 3 rings (SSSR count). The van der Waals surface area contributed by atoms with Gasteiger partial charge in [0.25, 0.3) is 0 Å². The number of rotatable bonds is 5. The molecule has 21 heavy (non-hydrogen) atoms. The van der Waals surface area contributed by atoms with Crippen LogP contribution in [0.15, 0.2) is 30.5 Å². The van der Waals surface area contributed by atoms with Gasteiger partial charge in [-0.3, -0.25) is 0 Å². The summed E-state index contributed by atoms with van der Waals surface area (Å²) in [6.07, 6.45) is 6.36. The van der Waals surface area contributed by atoms with Crippen molar-refractivity contribution in [3.63, 3.8) is 0 Å². The minimum atomic E-state index is 0.670. The van der Waals surface area contributed by atoms with Gasteiger partial charge in [-0.1, -0.05) is 24.6 Å². The molecule has 2 aromatic rings. The van der Waals surface area contributed by atoms with Crippen molar-refractivity contribution in [1.29, 1.82) is 0 Å². The van der Waals surface area contributed by atoms with Gasteiger partial charge in [-0.15, -0.1) is 0 Å². The lowest BCUT2D eigenvalue weighted by molar-refractivity contribution is 0.257. The van der Waals surface area contributed by atoms with E-state index in [0.717, 1.165) is 19.6 Å². The Balaban J connectivity index is 1.71. The first-order valence-electron chi connectivity index (χ1n) is 8.26. The fraction of sp³-hybridized carbons (Fsp3) is 0.556. The first kappa shape index (κ1) is 14.6. The highest BCUT2D eigenvalue weighted by atomic mass is 15.1. The van der Waals surface area contributed by atoms with Gasteiger partial charge in [-0.2, -0.15) is 0 Å². The second kappa shape index (κ2) is 6.63. The predicted molar refractivity (Wildman–Crippen MR) is 89.6 cm³/mol. The standard InChI is InChI=1S/C18H27N3/c1-3-21-13-15(17-9-4-5-10-18(17)21)12-20(2)14-16-8-6-7-11-19-16/h4-5,9-10,13,16,19H,3,6-8,11-12,14H2,1-2H3. The number of para-hydroxylation sites is 1. The third kappa shape index (κ3) is 3.30. The predicted octanol–water partition coefficient (Wildman–Crippen LogP) is 3.24. The third-order valence-electron chi connectivity index (χ3n) is 4.60. The van der Waals surface area contributed by atoms with Gasteiger partial charge < -0.3 is 14.8 Å². The van der Waals surface area contributed by atoms with Crippen molar-refractivity contribution in [3.05, 3.63) is 36.0 Å². The zero-order valence-corrected chi connectivity index (χ0v) is 13.3. The Morgan fingerprint density at radius 2 is 2.14 bits per heavy atom. The Kier molecular flexibility index (Phi) is 4.61. The Hall–Kier alpha value is -1.32. The van der Waals surface area contributed by atoms with Crippen LogP contribution in [0, 0.1) is 0 Å². The number of aryl methyl sites for hydroxylation is 1. The molecule has 1 aliphatic rings. The lowest BCUT2D eigenvalue weighted by Crippen LogP contribution is -2.42. The zero-order chi connectivity index (χ0) is 14.7. The molecule has 1 fully saturated rings. The Bertz CT molecular complexity index is 581. The lowest BCUT2D eigenvalue weighted by atomic mass is 10.0. The number of likely N-dealkylation sites (N-methyl/N-ethyl adjacent to an activating group) is 1. The average molecular weight is 285 g/mol. The van der Waals surface area contributed by atoms with Crippen molar-refractivity contribution >= 4 is 10.9 Å². The SMILES string of the molecule is CCn1cc(CN(C)CC2CCCCN2)c2ccccc21. The monoisotopic (exact) mass is 285 g/mol. The molecule has 1 unspecified atom stereocenters. The van der Waals surface area contributed by atoms with Crippen LogP contribution in [0.2, 0.25) is 0 Å². The molecular weight excluding hydrogens is 258 g/mol. The summed E-state index contributed by atoms with van der Waals surface area (Å²) in [6.45, 7) is 6.62. The molecule has 2 heterocycles. The van der Waals surface area contributed by atoms with Gasteiger partial charge in [-0.05, 0) is 45.0 Å². The molecule has 0 amide bonds. The number of hydrogen-bond donors (Lipinski definition) is 1. The van der Waals surface area contributed by atoms with Crippen LogP contribution in [0.25, 0.3) is 10.9 Å². The molecule has 1 atom stereocenters. The van der Waals surface area contributed by atoms with Gasteiger partial charge in [-0.25, -0.2) is 0 Å². The van der Waals surface area contributed by atoms with Gasteiger partial charge >= 0.3 is 0 Å². The van der Waals surface area contributed by atoms with Gasteiger partial charge in [0.1, 0.15) is 0 Å². The number of aromatic nitrogens is 1. The van der Waals surface area contributed by atoms with Gasteiger partial charge in [0.15, 0.2) is 0 Å². The molecule has 0 saturated carbocycles. The summed E-state index contributed by atoms with van der Waals surface area (Å²) in [5, 5.41) is 5.05. The molecule has 1 aliphatic heterocycles. The Labute approximate surface area is 127 Å². The molecule has 114 valence electrons. The first-order chi connectivity index (χ1) is 10.3. The second-order valence-electron chi connectivity index (χ2n) is 6.30. The summed E-state index contributed by atoms with van der Waals surface area (Å²) < 4.78 is 2.36. The van der Waals surface area contributed by atoms with E-state index >= 15 is 0 Å². The number of nitrogens with zero attached hydrogens (tertiary/aromatic N) is 2. The van der Waals surface area contributed by atoms with Crippen LogP contribution < -0.4 is 5.32 Å². The third-order valence-corrected chi connectivity index (χ3v) is 4.60. The number of nitrogens with one attached hydrogen (secondary N) is 1. The molecule has 0 radical (unpaired) electrons. The fourth-order valence-corrected chi connectivity index (χ4v) is 3.52. The maximum Gasteiger partial charge on any atom is 0.0483 e. The summed E-state index contributed by atoms with van der Waals surface area (Å²) in [5.74, 6) is 0. The van der Waals surface area contributed by atoms with Crippen LogP contribution in [-0.4, -0.2) is 35.6 Å². The van der Waals surface area contributed by atoms with Crippen molar-refractivity contribution in [2.24, 2.45) is 0 Å². The number of piperidine rings is 1.